The number of halogens is 2. The molecule has 1 fully saturated rings. The van der Waals surface area contributed by atoms with Crippen LogP contribution in [-0.4, -0.2) is 24.5 Å². The van der Waals surface area contributed by atoms with Gasteiger partial charge in [0.25, 0.3) is 0 Å². The lowest BCUT2D eigenvalue weighted by Crippen LogP contribution is -2.44. The van der Waals surface area contributed by atoms with Crippen molar-refractivity contribution in [3.8, 4) is 0 Å². The van der Waals surface area contributed by atoms with Crippen LogP contribution in [0.15, 0.2) is 18.2 Å². The molecule has 0 bridgehead atoms. The maximum absolute atomic E-state index is 13.3. The van der Waals surface area contributed by atoms with Gasteiger partial charge in [0.15, 0.2) is 0 Å². The minimum atomic E-state index is -0.375. The van der Waals surface area contributed by atoms with E-state index in [1.165, 1.54) is 18.9 Å². The monoisotopic (exact) mass is 284 g/mol. The van der Waals surface area contributed by atoms with Gasteiger partial charge in [-0.05, 0) is 42.5 Å². The van der Waals surface area contributed by atoms with E-state index >= 15 is 0 Å². The number of nitrogens with zero attached hydrogens (tertiary/aromatic N) is 1. The molecular weight excluding hydrogens is 263 g/mol. The molecule has 0 amide bonds. The zero-order valence-corrected chi connectivity index (χ0v) is 12.4. The minimum absolute atomic E-state index is 0.123. The summed E-state index contributed by atoms with van der Waals surface area (Å²) < 4.78 is 13.3. The van der Waals surface area contributed by atoms with Crippen molar-refractivity contribution in [1.29, 1.82) is 0 Å². The van der Waals surface area contributed by atoms with E-state index in [0.717, 1.165) is 18.7 Å². The van der Waals surface area contributed by atoms with Crippen molar-refractivity contribution in [2.75, 3.05) is 19.6 Å². The fraction of sp³-hybridized carbons (Fsp3) is 0.600. The molecule has 1 unspecified atom stereocenters. The van der Waals surface area contributed by atoms with Gasteiger partial charge in [-0.1, -0.05) is 31.5 Å². The molecule has 1 aliphatic heterocycles. The van der Waals surface area contributed by atoms with Crippen LogP contribution >= 0.6 is 11.6 Å². The molecule has 0 aromatic heterocycles. The Bertz CT molecular complexity index is 448. The number of likely N-dealkylation sites (tertiary alicyclic amines) is 1. The van der Waals surface area contributed by atoms with Gasteiger partial charge in [0, 0.05) is 19.1 Å². The summed E-state index contributed by atoms with van der Waals surface area (Å²) in [4.78, 5) is 2.40. The van der Waals surface area contributed by atoms with Gasteiger partial charge in [0.2, 0.25) is 0 Å². The molecule has 2 nitrogen and oxygen atoms in total. The third kappa shape index (κ3) is 3.47. The highest BCUT2D eigenvalue weighted by Crippen LogP contribution is 2.34. The second-order valence-corrected chi connectivity index (χ2v) is 6.57. The van der Waals surface area contributed by atoms with Crippen LogP contribution in [0.1, 0.15) is 38.3 Å². The molecular formula is C15H22ClFN2. The van der Waals surface area contributed by atoms with Crippen molar-refractivity contribution in [1.82, 2.24) is 4.90 Å². The molecule has 1 saturated heterocycles. The topological polar surface area (TPSA) is 29.3 Å². The quantitative estimate of drug-likeness (QED) is 0.919. The van der Waals surface area contributed by atoms with Gasteiger partial charge in [-0.25, -0.2) is 4.39 Å². The minimum Gasteiger partial charge on any atom is -0.329 e. The van der Waals surface area contributed by atoms with E-state index in [-0.39, 0.29) is 16.9 Å². The molecule has 4 heteroatoms. The zero-order chi connectivity index (χ0) is 14.0. The molecule has 0 radical (unpaired) electrons. The van der Waals surface area contributed by atoms with E-state index in [2.05, 4.69) is 18.7 Å². The van der Waals surface area contributed by atoms with Gasteiger partial charge >= 0.3 is 0 Å². The van der Waals surface area contributed by atoms with Crippen molar-refractivity contribution in [2.45, 2.75) is 32.7 Å². The average Bonchev–Trinajstić information content (AvgIpc) is 2.33. The second-order valence-electron chi connectivity index (χ2n) is 6.16. The Hall–Kier alpha value is -0.640. The lowest BCUT2D eigenvalue weighted by atomic mass is 9.83. The van der Waals surface area contributed by atoms with Gasteiger partial charge in [0.05, 0.1) is 5.02 Å². The molecule has 1 aromatic carbocycles. The Morgan fingerprint density at radius 2 is 2.21 bits per heavy atom. The molecule has 2 rings (SSSR count). The van der Waals surface area contributed by atoms with Crippen molar-refractivity contribution >= 4 is 11.6 Å². The molecule has 1 aliphatic rings. The SMILES string of the molecule is CC1(C)CCCN(C(CN)c2ccc(F)c(Cl)c2)C1. The summed E-state index contributed by atoms with van der Waals surface area (Å²) in [5.41, 5.74) is 7.25. The van der Waals surface area contributed by atoms with E-state index in [0.29, 0.717) is 12.0 Å². The van der Waals surface area contributed by atoms with Crippen LogP contribution in [0.2, 0.25) is 5.02 Å². The van der Waals surface area contributed by atoms with Gasteiger partial charge in [0.1, 0.15) is 5.82 Å². The highest BCUT2D eigenvalue weighted by Gasteiger charge is 2.30. The Kier molecular flexibility index (Phi) is 4.49. The highest BCUT2D eigenvalue weighted by atomic mass is 35.5. The largest absolute Gasteiger partial charge is 0.329 e. The van der Waals surface area contributed by atoms with Crippen LogP contribution in [0.5, 0.6) is 0 Å². The summed E-state index contributed by atoms with van der Waals surface area (Å²) in [5, 5.41) is 0.173. The first-order valence-corrected chi connectivity index (χ1v) is 7.20. The second kappa shape index (κ2) is 5.78. The van der Waals surface area contributed by atoms with Crippen LogP contribution in [0.4, 0.5) is 4.39 Å². The summed E-state index contributed by atoms with van der Waals surface area (Å²) in [6.07, 6.45) is 2.42. The van der Waals surface area contributed by atoms with Gasteiger partial charge in [-0.3, -0.25) is 4.90 Å². The van der Waals surface area contributed by atoms with Crippen molar-refractivity contribution in [3.63, 3.8) is 0 Å². The third-order valence-electron chi connectivity index (χ3n) is 3.92. The first kappa shape index (κ1) is 14.8. The first-order chi connectivity index (χ1) is 8.93. The molecule has 0 aliphatic carbocycles. The van der Waals surface area contributed by atoms with E-state index in [9.17, 15) is 4.39 Å². The van der Waals surface area contributed by atoms with Gasteiger partial charge in [-0.15, -0.1) is 0 Å². The average molecular weight is 285 g/mol. The van der Waals surface area contributed by atoms with E-state index in [4.69, 9.17) is 17.3 Å². The molecule has 0 spiro atoms. The van der Waals surface area contributed by atoms with Crippen LogP contribution in [-0.2, 0) is 0 Å². The van der Waals surface area contributed by atoms with Crippen LogP contribution < -0.4 is 5.73 Å². The molecule has 1 atom stereocenters. The molecule has 1 aromatic rings. The van der Waals surface area contributed by atoms with E-state index in [1.54, 1.807) is 12.1 Å². The smallest absolute Gasteiger partial charge is 0.141 e. The van der Waals surface area contributed by atoms with E-state index in [1.807, 2.05) is 0 Å². The fourth-order valence-electron chi connectivity index (χ4n) is 2.95. The van der Waals surface area contributed by atoms with Gasteiger partial charge < -0.3 is 5.73 Å². The van der Waals surface area contributed by atoms with Crippen molar-refractivity contribution in [3.05, 3.63) is 34.6 Å². The standard InChI is InChI=1S/C15H22ClFN2/c1-15(2)6-3-7-19(10-15)14(9-18)11-4-5-13(17)12(16)8-11/h4-5,8,14H,3,6-7,9-10,18H2,1-2H3. The Morgan fingerprint density at radius 3 is 2.79 bits per heavy atom. The predicted octanol–water partition coefficient (Wildman–Crippen LogP) is 3.60. The number of hydrogen-bond donors (Lipinski definition) is 1. The number of piperidine rings is 1. The molecule has 19 heavy (non-hydrogen) atoms. The molecule has 106 valence electrons. The fourth-order valence-corrected chi connectivity index (χ4v) is 3.14. The maximum atomic E-state index is 13.3. The van der Waals surface area contributed by atoms with Crippen LogP contribution in [0, 0.1) is 11.2 Å². The third-order valence-corrected chi connectivity index (χ3v) is 4.21. The van der Waals surface area contributed by atoms with Crippen LogP contribution in [0.3, 0.4) is 0 Å². The van der Waals surface area contributed by atoms with Gasteiger partial charge in [-0.2, -0.15) is 0 Å². The summed E-state index contributed by atoms with van der Waals surface area (Å²) in [7, 11) is 0. The number of hydrogen-bond acceptors (Lipinski definition) is 2. The zero-order valence-electron chi connectivity index (χ0n) is 11.6. The normalized spacial score (nSPS) is 21.3. The summed E-state index contributed by atoms with van der Waals surface area (Å²) in [6.45, 7) is 7.15. The molecule has 0 saturated carbocycles. The predicted molar refractivity (Wildman–Crippen MR) is 77.8 cm³/mol. The maximum Gasteiger partial charge on any atom is 0.141 e. The number of rotatable bonds is 3. The first-order valence-electron chi connectivity index (χ1n) is 6.82. The Balaban J connectivity index is 2.21. The van der Waals surface area contributed by atoms with E-state index < -0.39 is 0 Å². The lowest BCUT2D eigenvalue weighted by Gasteiger charge is -2.42. The molecule has 2 N–H and O–H groups in total. The number of nitrogens with two attached hydrogens (primary N) is 1. The lowest BCUT2D eigenvalue weighted by molar-refractivity contribution is 0.0806. The highest BCUT2D eigenvalue weighted by molar-refractivity contribution is 6.30. The van der Waals surface area contributed by atoms with Crippen molar-refractivity contribution < 1.29 is 4.39 Å². The Morgan fingerprint density at radius 1 is 1.47 bits per heavy atom. The summed E-state index contributed by atoms with van der Waals surface area (Å²) in [6, 6.07) is 5.05. The van der Waals surface area contributed by atoms with Crippen LogP contribution in [0.25, 0.3) is 0 Å². The number of benzene rings is 1. The summed E-state index contributed by atoms with van der Waals surface area (Å²) >= 11 is 5.88. The molecule has 1 heterocycles. The summed E-state index contributed by atoms with van der Waals surface area (Å²) in [5.74, 6) is -0.375. The Labute approximate surface area is 119 Å². The van der Waals surface area contributed by atoms with Crippen molar-refractivity contribution in [2.24, 2.45) is 11.1 Å².